The Kier molecular flexibility index (Phi) is 4.37. The Morgan fingerprint density at radius 3 is 2.42 bits per heavy atom. The molecule has 0 aliphatic carbocycles. The maximum absolute atomic E-state index is 10.5. The molecule has 0 amide bonds. The van der Waals surface area contributed by atoms with Gasteiger partial charge in [-0.3, -0.25) is 10.1 Å². The first-order valence-electron chi connectivity index (χ1n) is 4.68. The predicted octanol–water partition coefficient (Wildman–Crippen LogP) is 1.82. The monoisotopic (exact) mass is 271 g/mol. The highest BCUT2D eigenvalue weighted by Crippen LogP contribution is 2.25. The van der Waals surface area contributed by atoms with E-state index < -0.39 is 4.92 Å². The smallest absolute Gasteiger partial charge is 0.324 e. The largest absolute Gasteiger partial charge is 0.396 e. The van der Waals surface area contributed by atoms with Gasteiger partial charge in [-0.2, -0.15) is 15.8 Å². The molecular formula is C11H5N5O2S. The van der Waals surface area contributed by atoms with E-state index in [1.807, 2.05) is 0 Å². The van der Waals surface area contributed by atoms with Crippen molar-refractivity contribution in [2.24, 2.45) is 5.73 Å². The Labute approximate surface area is 111 Å². The highest BCUT2D eigenvalue weighted by molar-refractivity contribution is 7.13. The van der Waals surface area contributed by atoms with Crippen molar-refractivity contribution < 1.29 is 4.92 Å². The maximum Gasteiger partial charge on any atom is 0.324 e. The van der Waals surface area contributed by atoms with Gasteiger partial charge in [0.25, 0.3) is 0 Å². The molecule has 1 heterocycles. The van der Waals surface area contributed by atoms with Crippen molar-refractivity contribution in [2.75, 3.05) is 0 Å². The number of nitro groups is 1. The number of nitrogens with two attached hydrogens (primary N) is 1. The molecule has 0 saturated heterocycles. The molecule has 0 fully saturated rings. The normalized spacial score (nSPS) is 9.84. The third-order valence-corrected chi connectivity index (χ3v) is 2.90. The van der Waals surface area contributed by atoms with Crippen molar-refractivity contribution in [3.8, 4) is 18.2 Å². The molecule has 2 N–H and O–H groups in total. The number of allylic oxidation sites excluding steroid dienone is 2. The molecule has 0 bridgehead atoms. The molecule has 0 saturated carbocycles. The average Bonchev–Trinajstić information content (AvgIpc) is 2.86. The lowest BCUT2D eigenvalue weighted by molar-refractivity contribution is -0.380. The summed E-state index contributed by atoms with van der Waals surface area (Å²) in [6.45, 7) is 0. The summed E-state index contributed by atoms with van der Waals surface area (Å²) in [5.41, 5.74) is 5.21. The maximum atomic E-state index is 10.5. The molecule has 92 valence electrons. The van der Waals surface area contributed by atoms with Gasteiger partial charge in [0.1, 0.15) is 18.2 Å². The van der Waals surface area contributed by atoms with E-state index in [0.29, 0.717) is 5.56 Å². The minimum Gasteiger partial charge on any atom is -0.396 e. The van der Waals surface area contributed by atoms with Crippen LogP contribution in [-0.4, -0.2) is 4.92 Å². The second-order valence-electron chi connectivity index (χ2n) is 3.16. The van der Waals surface area contributed by atoms with Gasteiger partial charge >= 0.3 is 5.00 Å². The lowest BCUT2D eigenvalue weighted by atomic mass is 10.1. The van der Waals surface area contributed by atoms with Crippen LogP contribution >= 0.6 is 11.3 Å². The lowest BCUT2D eigenvalue weighted by Crippen LogP contribution is -2.03. The number of hydrogen-bond donors (Lipinski definition) is 1. The van der Waals surface area contributed by atoms with Gasteiger partial charge in [-0.15, -0.1) is 0 Å². The van der Waals surface area contributed by atoms with Crippen molar-refractivity contribution in [1.82, 2.24) is 0 Å². The number of thiophene rings is 1. The fourth-order valence-corrected chi connectivity index (χ4v) is 1.81. The summed E-state index contributed by atoms with van der Waals surface area (Å²) in [6, 6.07) is 6.16. The lowest BCUT2D eigenvalue weighted by Gasteiger charge is -1.97. The molecule has 19 heavy (non-hydrogen) atoms. The molecule has 8 heteroatoms. The van der Waals surface area contributed by atoms with Crippen LogP contribution in [0.25, 0.3) is 6.08 Å². The van der Waals surface area contributed by atoms with Gasteiger partial charge in [0.2, 0.25) is 0 Å². The number of nitriles is 3. The van der Waals surface area contributed by atoms with Crippen LogP contribution in [-0.2, 0) is 0 Å². The molecule has 0 aromatic carbocycles. The van der Waals surface area contributed by atoms with Crippen LogP contribution in [0.15, 0.2) is 28.3 Å². The summed E-state index contributed by atoms with van der Waals surface area (Å²) in [5.74, 6) is 0. The topological polar surface area (TPSA) is 141 Å². The van der Waals surface area contributed by atoms with E-state index in [1.165, 1.54) is 17.5 Å². The molecule has 7 nitrogen and oxygen atoms in total. The van der Waals surface area contributed by atoms with Crippen LogP contribution in [0, 0.1) is 44.1 Å². The Bertz CT molecular complexity index is 693. The van der Waals surface area contributed by atoms with Crippen LogP contribution in [0.4, 0.5) is 5.00 Å². The summed E-state index contributed by atoms with van der Waals surface area (Å²) in [7, 11) is 0. The van der Waals surface area contributed by atoms with E-state index in [1.54, 1.807) is 18.2 Å². The Morgan fingerprint density at radius 2 is 2.00 bits per heavy atom. The molecular weight excluding hydrogens is 266 g/mol. The molecule has 0 aliphatic heterocycles. The highest BCUT2D eigenvalue weighted by Gasteiger charge is 2.11. The fraction of sp³-hybridized carbons (Fsp3) is 0. The highest BCUT2D eigenvalue weighted by atomic mass is 32.1. The molecule has 0 atom stereocenters. The number of hydrogen-bond acceptors (Lipinski definition) is 7. The molecule has 1 aromatic heterocycles. The average molecular weight is 271 g/mol. The van der Waals surface area contributed by atoms with Gasteiger partial charge in [-0.25, -0.2) is 0 Å². The zero-order valence-electron chi connectivity index (χ0n) is 9.32. The minimum atomic E-state index is -0.552. The van der Waals surface area contributed by atoms with Gasteiger partial charge in [0, 0.05) is 11.4 Å². The van der Waals surface area contributed by atoms with E-state index in [0.717, 1.165) is 11.3 Å². The van der Waals surface area contributed by atoms with Gasteiger partial charge in [-0.05, 0) is 11.6 Å². The van der Waals surface area contributed by atoms with E-state index in [-0.39, 0.29) is 21.8 Å². The number of nitrogens with zero attached hydrogens (tertiary/aromatic N) is 4. The van der Waals surface area contributed by atoms with Gasteiger partial charge in [-0.1, -0.05) is 11.3 Å². The fourth-order valence-electron chi connectivity index (χ4n) is 1.13. The third kappa shape index (κ3) is 3.16. The summed E-state index contributed by atoms with van der Waals surface area (Å²) >= 11 is 0.902. The summed E-state index contributed by atoms with van der Waals surface area (Å²) in [4.78, 5) is 9.96. The molecule has 0 radical (unpaired) electrons. The van der Waals surface area contributed by atoms with Crippen molar-refractivity contribution in [3.05, 3.63) is 44.0 Å². The van der Waals surface area contributed by atoms with Gasteiger partial charge in [0.15, 0.2) is 5.57 Å². The Morgan fingerprint density at radius 1 is 1.37 bits per heavy atom. The quantitative estimate of drug-likeness (QED) is 0.384. The van der Waals surface area contributed by atoms with Crippen LogP contribution in [0.3, 0.4) is 0 Å². The SMILES string of the molecule is N#CC(=Cc1csc([N+](=O)[O-])c1)C(N)=C(C#N)C#N. The van der Waals surface area contributed by atoms with Gasteiger partial charge < -0.3 is 5.73 Å². The second-order valence-corrected chi connectivity index (χ2v) is 4.05. The number of rotatable bonds is 3. The minimum absolute atomic E-state index is 0.0770. The van der Waals surface area contributed by atoms with Crippen molar-refractivity contribution in [3.63, 3.8) is 0 Å². The van der Waals surface area contributed by atoms with E-state index in [4.69, 9.17) is 21.5 Å². The first kappa shape index (κ1) is 13.9. The van der Waals surface area contributed by atoms with Crippen molar-refractivity contribution in [1.29, 1.82) is 15.8 Å². The predicted molar refractivity (Wildman–Crippen MR) is 67.0 cm³/mol. The Hall–Kier alpha value is -3.15. The van der Waals surface area contributed by atoms with E-state index in [9.17, 15) is 10.1 Å². The first-order valence-corrected chi connectivity index (χ1v) is 5.56. The Balaban J connectivity index is 3.25. The standard InChI is InChI=1S/C11H5N5O2S/c12-3-8(11(15)9(4-13)5-14)1-7-2-10(16(17)18)19-6-7/h1-2,6H,15H2. The summed E-state index contributed by atoms with van der Waals surface area (Å²) in [6.07, 6.45) is 1.29. The van der Waals surface area contributed by atoms with Crippen molar-refractivity contribution >= 4 is 22.4 Å². The van der Waals surface area contributed by atoms with Crippen molar-refractivity contribution in [2.45, 2.75) is 0 Å². The van der Waals surface area contributed by atoms with E-state index in [2.05, 4.69) is 0 Å². The van der Waals surface area contributed by atoms with Crippen LogP contribution in [0.2, 0.25) is 0 Å². The zero-order chi connectivity index (χ0) is 14.4. The molecule has 0 aliphatic rings. The molecule has 0 spiro atoms. The summed E-state index contributed by atoms with van der Waals surface area (Å²) in [5, 5.41) is 38.1. The van der Waals surface area contributed by atoms with Crippen LogP contribution < -0.4 is 5.73 Å². The molecule has 0 unspecified atom stereocenters. The van der Waals surface area contributed by atoms with E-state index >= 15 is 0 Å². The molecule has 1 rings (SSSR count). The van der Waals surface area contributed by atoms with Crippen LogP contribution in [0.1, 0.15) is 5.56 Å². The second kappa shape index (κ2) is 5.97. The van der Waals surface area contributed by atoms with Gasteiger partial charge in [0.05, 0.1) is 16.2 Å². The summed E-state index contributed by atoms with van der Waals surface area (Å²) < 4.78 is 0. The zero-order valence-corrected chi connectivity index (χ0v) is 10.1. The van der Waals surface area contributed by atoms with Crippen LogP contribution in [0.5, 0.6) is 0 Å². The third-order valence-electron chi connectivity index (χ3n) is 2.00. The molecule has 1 aromatic rings. The first-order chi connectivity index (χ1) is 9.03.